The Balaban J connectivity index is 2.08. The second-order valence-corrected chi connectivity index (χ2v) is 6.12. The zero-order chi connectivity index (χ0) is 15.1. The smallest absolute Gasteiger partial charge is 0.126 e. The fraction of sp³-hybridized carbons (Fsp3) is 0.667. The van der Waals surface area contributed by atoms with E-state index in [0.717, 1.165) is 31.4 Å². The van der Waals surface area contributed by atoms with Crippen LogP contribution in [0, 0.1) is 12.7 Å². The highest BCUT2D eigenvalue weighted by atomic mass is 19.1. The first-order valence-corrected chi connectivity index (χ1v) is 8.37. The minimum absolute atomic E-state index is 0.150. The van der Waals surface area contributed by atoms with E-state index in [1.165, 1.54) is 37.8 Å². The van der Waals surface area contributed by atoms with Crippen LogP contribution < -0.4 is 10.1 Å². The van der Waals surface area contributed by atoms with Crippen LogP contribution in [0.1, 0.15) is 57.4 Å². The first kappa shape index (κ1) is 16.3. The number of hydrogen-bond donors (Lipinski definition) is 1. The van der Waals surface area contributed by atoms with Crippen LogP contribution in [0.4, 0.5) is 4.39 Å². The average molecular weight is 293 g/mol. The monoisotopic (exact) mass is 293 g/mol. The molecule has 1 saturated carbocycles. The van der Waals surface area contributed by atoms with Gasteiger partial charge in [-0.1, -0.05) is 32.3 Å². The first-order valence-electron chi connectivity index (χ1n) is 8.37. The predicted octanol–water partition coefficient (Wildman–Crippen LogP) is 4.60. The van der Waals surface area contributed by atoms with Crippen LogP contribution in [0.25, 0.3) is 0 Å². The SMILES string of the molecule is CCCNC1CCCCCCC1Oc1cc(F)ccc1C. The van der Waals surface area contributed by atoms with Crippen molar-refractivity contribution in [2.75, 3.05) is 6.54 Å². The zero-order valence-electron chi connectivity index (χ0n) is 13.3. The zero-order valence-corrected chi connectivity index (χ0v) is 13.3. The van der Waals surface area contributed by atoms with Crippen LogP contribution in [-0.4, -0.2) is 18.7 Å². The molecule has 0 bridgehead atoms. The summed E-state index contributed by atoms with van der Waals surface area (Å²) in [5, 5.41) is 3.62. The highest BCUT2D eigenvalue weighted by molar-refractivity contribution is 5.33. The number of hydrogen-bond acceptors (Lipinski definition) is 2. The van der Waals surface area contributed by atoms with E-state index in [1.54, 1.807) is 6.07 Å². The normalized spacial score (nSPS) is 23.4. The van der Waals surface area contributed by atoms with Gasteiger partial charge < -0.3 is 10.1 Å². The van der Waals surface area contributed by atoms with Crippen LogP contribution >= 0.6 is 0 Å². The van der Waals surface area contributed by atoms with Crippen molar-refractivity contribution in [3.8, 4) is 5.75 Å². The highest BCUT2D eigenvalue weighted by Crippen LogP contribution is 2.26. The second-order valence-electron chi connectivity index (χ2n) is 6.12. The highest BCUT2D eigenvalue weighted by Gasteiger charge is 2.24. The molecule has 0 spiro atoms. The molecule has 1 aromatic carbocycles. The molecule has 1 N–H and O–H groups in total. The lowest BCUT2D eigenvalue weighted by Crippen LogP contribution is -2.44. The minimum Gasteiger partial charge on any atom is -0.488 e. The Morgan fingerprint density at radius 1 is 1.19 bits per heavy atom. The van der Waals surface area contributed by atoms with E-state index >= 15 is 0 Å². The van der Waals surface area contributed by atoms with Gasteiger partial charge in [-0.3, -0.25) is 0 Å². The lowest BCUT2D eigenvalue weighted by Gasteiger charge is -2.31. The summed E-state index contributed by atoms with van der Waals surface area (Å²) in [5.41, 5.74) is 1.01. The largest absolute Gasteiger partial charge is 0.488 e. The topological polar surface area (TPSA) is 21.3 Å². The molecule has 1 aromatic rings. The Morgan fingerprint density at radius 2 is 1.95 bits per heavy atom. The molecule has 2 unspecified atom stereocenters. The van der Waals surface area contributed by atoms with Crippen molar-refractivity contribution in [3.63, 3.8) is 0 Å². The third kappa shape index (κ3) is 4.99. The predicted molar refractivity (Wildman–Crippen MR) is 85.3 cm³/mol. The number of aryl methyl sites for hydroxylation is 1. The lowest BCUT2D eigenvalue weighted by atomic mass is 9.94. The maximum absolute atomic E-state index is 13.5. The van der Waals surface area contributed by atoms with Gasteiger partial charge in [-0.2, -0.15) is 0 Å². The Kier molecular flexibility index (Phi) is 6.50. The fourth-order valence-corrected chi connectivity index (χ4v) is 3.02. The van der Waals surface area contributed by atoms with Gasteiger partial charge in [-0.25, -0.2) is 4.39 Å². The van der Waals surface area contributed by atoms with Gasteiger partial charge in [0, 0.05) is 12.1 Å². The Morgan fingerprint density at radius 3 is 2.71 bits per heavy atom. The summed E-state index contributed by atoms with van der Waals surface area (Å²) in [6.45, 7) is 5.18. The first-order chi connectivity index (χ1) is 10.2. The van der Waals surface area contributed by atoms with Gasteiger partial charge in [0.2, 0.25) is 0 Å². The van der Waals surface area contributed by atoms with Crippen molar-refractivity contribution in [3.05, 3.63) is 29.6 Å². The molecule has 2 rings (SSSR count). The molecule has 0 amide bonds. The Hall–Kier alpha value is -1.09. The maximum Gasteiger partial charge on any atom is 0.126 e. The van der Waals surface area contributed by atoms with E-state index in [4.69, 9.17) is 4.74 Å². The molecular weight excluding hydrogens is 265 g/mol. The van der Waals surface area contributed by atoms with Crippen LogP contribution in [0.15, 0.2) is 18.2 Å². The molecule has 2 atom stereocenters. The number of ether oxygens (including phenoxy) is 1. The standard InChI is InChI=1S/C18H28FNO/c1-3-12-20-16-8-6-4-5-7-9-17(16)21-18-13-15(19)11-10-14(18)2/h10-11,13,16-17,20H,3-9,12H2,1-2H3. The van der Waals surface area contributed by atoms with Gasteiger partial charge in [0.25, 0.3) is 0 Å². The summed E-state index contributed by atoms with van der Waals surface area (Å²) in [6, 6.07) is 5.19. The molecular formula is C18H28FNO. The van der Waals surface area contributed by atoms with Crippen molar-refractivity contribution in [2.45, 2.75) is 70.9 Å². The van der Waals surface area contributed by atoms with Gasteiger partial charge in [-0.15, -0.1) is 0 Å². The number of rotatable bonds is 5. The minimum atomic E-state index is -0.223. The maximum atomic E-state index is 13.5. The molecule has 1 aliphatic carbocycles. The molecule has 118 valence electrons. The third-order valence-electron chi connectivity index (χ3n) is 4.29. The molecule has 0 saturated heterocycles. The summed E-state index contributed by atoms with van der Waals surface area (Å²) < 4.78 is 19.7. The van der Waals surface area contributed by atoms with Gasteiger partial charge in [0.05, 0.1) is 0 Å². The Bertz CT molecular complexity index is 433. The quantitative estimate of drug-likeness (QED) is 0.856. The van der Waals surface area contributed by atoms with E-state index in [2.05, 4.69) is 12.2 Å². The molecule has 0 aromatic heterocycles. The van der Waals surface area contributed by atoms with E-state index in [9.17, 15) is 4.39 Å². The number of nitrogens with one attached hydrogen (secondary N) is 1. The van der Waals surface area contributed by atoms with Crippen molar-refractivity contribution in [2.24, 2.45) is 0 Å². The lowest BCUT2D eigenvalue weighted by molar-refractivity contribution is 0.126. The van der Waals surface area contributed by atoms with E-state index in [0.29, 0.717) is 11.8 Å². The van der Waals surface area contributed by atoms with Crippen molar-refractivity contribution >= 4 is 0 Å². The van der Waals surface area contributed by atoms with Crippen LogP contribution in [0.2, 0.25) is 0 Å². The van der Waals surface area contributed by atoms with Gasteiger partial charge in [-0.05, 0) is 50.8 Å². The molecule has 0 radical (unpaired) electrons. The summed E-state index contributed by atoms with van der Waals surface area (Å²) >= 11 is 0. The molecule has 3 heteroatoms. The summed E-state index contributed by atoms with van der Waals surface area (Å²) in [4.78, 5) is 0. The molecule has 1 fully saturated rings. The number of benzene rings is 1. The van der Waals surface area contributed by atoms with Gasteiger partial charge >= 0.3 is 0 Å². The van der Waals surface area contributed by atoms with Crippen molar-refractivity contribution < 1.29 is 9.13 Å². The van der Waals surface area contributed by atoms with E-state index in [-0.39, 0.29) is 11.9 Å². The van der Waals surface area contributed by atoms with Crippen LogP contribution in [0.3, 0.4) is 0 Å². The number of halogens is 1. The molecule has 21 heavy (non-hydrogen) atoms. The molecule has 1 aliphatic rings. The molecule has 0 aliphatic heterocycles. The van der Waals surface area contributed by atoms with E-state index in [1.807, 2.05) is 6.92 Å². The average Bonchev–Trinajstić information content (AvgIpc) is 2.45. The van der Waals surface area contributed by atoms with Crippen LogP contribution in [0.5, 0.6) is 5.75 Å². The third-order valence-corrected chi connectivity index (χ3v) is 4.29. The molecule has 0 heterocycles. The van der Waals surface area contributed by atoms with Crippen LogP contribution in [-0.2, 0) is 0 Å². The van der Waals surface area contributed by atoms with Gasteiger partial charge in [0.15, 0.2) is 0 Å². The van der Waals surface area contributed by atoms with Crippen molar-refractivity contribution in [1.29, 1.82) is 0 Å². The van der Waals surface area contributed by atoms with Crippen molar-refractivity contribution in [1.82, 2.24) is 5.32 Å². The Labute approximate surface area is 128 Å². The fourth-order valence-electron chi connectivity index (χ4n) is 3.02. The molecule has 2 nitrogen and oxygen atoms in total. The summed E-state index contributed by atoms with van der Waals surface area (Å²) in [7, 11) is 0. The summed E-state index contributed by atoms with van der Waals surface area (Å²) in [6.07, 6.45) is 8.53. The summed E-state index contributed by atoms with van der Waals surface area (Å²) in [5.74, 6) is 0.475. The second kappa shape index (κ2) is 8.38. The van der Waals surface area contributed by atoms with Gasteiger partial charge in [0.1, 0.15) is 17.7 Å². The van der Waals surface area contributed by atoms with E-state index < -0.39 is 0 Å².